The Morgan fingerprint density at radius 2 is 1.89 bits per heavy atom. The van der Waals surface area contributed by atoms with Crippen molar-refractivity contribution in [2.24, 2.45) is 28.6 Å². The van der Waals surface area contributed by atoms with E-state index in [0.29, 0.717) is 30.6 Å². The van der Waals surface area contributed by atoms with Crippen LogP contribution in [0.1, 0.15) is 72.1 Å². The molecule has 0 amide bonds. The molecule has 0 spiro atoms. The Morgan fingerprint density at radius 3 is 2.61 bits per heavy atom. The molecule has 7 atom stereocenters. The molecular weight excluding hydrogens is 356 g/mol. The number of esters is 1. The van der Waals surface area contributed by atoms with Crippen molar-refractivity contribution in [1.29, 1.82) is 0 Å². The largest absolute Gasteiger partial charge is 0.463 e. The van der Waals surface area contributed by atoms with Crippen LogP contribution in [0.15, 0.2) is 11.6 Å². The van der Waals surface area contributed by atoms with Gasteiger partial charge in [-0.15, -0.1) is 0 Å². The molecule has 0 radical (unpaired) electrons. The molecule has 0 unspecified atom stereocenters. The van der Waals surface area contributed by atoms with E-state index < -0.39 is 17.7 Å². The number of ether oxygens (including phenoxy) is 1. The van der Waals surface area contributed by atoms with Crippen LogP contribution < -0.4 is 0 Å². The van der Waals surface area contributed by atoms with Crippen LogP contribution in [0.5, 0.6) is 0 Å². The number of aliphatic hydroxyl groups is 2. The van der Waals surface area contributed by atoms with Crippen molar-refractivity contribution in [3.05, 3.63) is 11.6 Å². The summed E-state index contributed by atoms with van der Waals surface area (Å²) < 4.78 is 5.02. The van der Waals surface area contributed by atoms with Gasteiger partial charge in [0.25, 0.3) is 0 Å². The molecule has 4 rings (SSSR count). The average molecular weight is 391 g/mol. The van der Waals surface area contributed by atoms with Gasteiger partial charge in [0.15, 0.2) is 5.78 Å². The third kappa shape index (κ3) is 2.72. The second kappa shape index (κ2) is 6.66. The highest BCUT2D eigenvalue weighted by Gasteiger charge is 2.65. The van der Waals surface area contributed by atoms with Gasteiger partial charge in [-0.3, -0.25) is 9.59 Å². The summed E-state index contributed by atoms with van der Waals surface area (Å²) >= 11 is 0. The number of hydrogen-bond acceptors (Lipinski definition) is 5. The molecule has 156 valence electrons. The summed E-state index contributed by atoms with van der Waals surface area (Å²) in [5, 5.41) is 22.3. The van der Waals surface area contributed by atoms with E-state index in [2.05, 4.69) is 13.8 Å². The molecule has 0 saturated heterocycles. The van der Waals surface area contributed by atoms with Crippen LogP contribution in [0.25, 0.3) is 0 Å². The molecule has 4 aliphatic rings. The van der Waals surface area contributed by atoms with Crippen molar-refractivity contribution in [2.75, 3.05) is 6.61 Å². The van der Waals surface area contributed by atoms with E-state index in [0.717, 1.165) is 38.5 Å². The van der Waals surface area contributed by atoms with Crippen LogP contribution in [0, 0.1) is 28.6 Å². The van der Waals surface area contributed by atoms with E-state index in [4.69, 9.17) is 4.74 Å². The molecule has 0 aromatic carbocycles. The van der Waals surface area contributed by atoms with Crippen molar-refractivity contribution < 1.29 is 24.5 Å². The van der Waals surface area contributed by atoms with E-state index in [-0.39, 0.29) is 23.2 Å². The summed E-state index contributed by atoms with van der Waals surface area (Å²) in [6.45, 7) is 5.66. The molecule has 4 aliphatic carbocycles. The van der Waals surface area contributed by atoms with Gasteiger partial charge in [-0.05, 0) is 74.2 Å². The summed E-state index contributed by atoms with van der Waals surface area (Å²) in [5.41, 5.74) is -0.125. The van der Waals surface area contributed by atoms with Crippen molar-refractivity contribution in [3.63, 3.8) is 0 Å². The molecule has 0 heterocycles. The molecule has 0 aliphatic heterocycles. The lowest BCUT2D eigenvalue weighted by molar-refractivity contribution is -0.191. The van der Waals surface area contributed by atoms with Gasteiger partial charge in [0.05, 0.1) is 5.60 Å². The van der Waals surface area contributed by atoms with E-state index in [1.165, 1.54) is 12.5 Å². The van der Waals surface area contributed by atoms with Gasteiger partial charge >= 0.3 is 5.97 Å². The van der Waals surface area contributed by atoms with Crippen LogP contribution in [0.2, 0.25) is 0 Å². The normalized spacial score (nSPS) is 46.1. The quantitative estimate of drug-likeness (QED) is 0.723. The number of fused-ring (bicyclic) bond motifs is 5. The number of carbonyl (C=O) groups excluding carboxylic acids is 2. The van der Waals surface area contributed by atoms with Crippen LogP contribution in [-0.4, -0.2) is 40.3 Å². The van der Waals surface area contributed by atoms with E-state index in [9.17, 15) is 19.8 Å². The minimum atomic E-state index is -1.21. The molecule has 3 saturated carbocycles. The van der Waals surface area contributed by atoms with Gasteiger partial charge in [-0.1, -0.05) is 19.4 Å². The first kappa shape index (κ1) is 20.1. The lowest BCUT2D eigenvalue weighted by atomic mass is 9.46. The molecule has 5 nitrogen and oxygen atoms in total. The van der Waals surface area contributed by atoms with Gasteiger partial charge in [0.2, 0.25) is 0 Å². The number of aliphatic hydroxyl groups excluding tert-OH is 1. The van der Waals surface area contributed by atoms with Gasteiger partial charge in [0.1, 0.15) is 12.7 Å². The molecule has 0 bridgehead atoms. The number of hydrogen-bond donors (Lipinski definition) is 2. The molecule has 28 heavy (non-hydrogen) atoms. The van der Waals surface area contributed by atoms with Crippen molar-refractivity contribution in [3.8, 4) is 0 Å². The second-order valence-corrected chi connectivity index (χ2v) is 10.2. The standard InChI is InChI=1S/C23H34O5/c1-14(24)28-13-20(26)23(27)11-8-19-17-5-4-15-12-16(25)6-9-21(15,2)18(17)7-10-22(19,23)3/h12,17-20,26-27H,4-11,13H2,1-3H3/t17-,18+,19+,20-,21+,22+,23+/m1/s1. The summed E-state index contributed by atoms with van der Waals surface area (Å²) in [7, 11) is 0. The summed E-state index contributed by atoms with van der Waals surface area (Å²) in [6, 6.07) is 0. The third-order valence-corrected chi connectivity index (χ3v) is 9.17. The number of rotatable bonds is 3. The Balaban J connectivity index is 1.59. The maximum atomic E-state index is 12.0. The first-order valence-corrected chi connectivity index (χ1v) is 10.9. The lowest BCUT2D eigenvalue weighted by Gasteiger charge is -2.59. The first-order chi connectivity index (χ1) is 13.1. The fourth-order valence-corrected chi connectivity index (χ4v) is 7.49. The van der Waals surface area contributed by atoms with Crippen LogP contribution >= 0.6 is 0 Å². The molecule has 3 fully saturated rings. The maximum absolute atomic E-state index is 12.0. The highest BCUT2D eigenvalue weighted by atomic mass is 16.5. The lowest BCUT2D eigenvalue weighted by Crippen LogP contribution is -2.59. The summed E-state index contributed by atoms with van der Waals surface area (Å²) in [6.07, 6.45) is 7.84. The van der Waals surface area contributed by atoms with E-state index >= 15 is 0 Å². The number of allylic oxidation sites excluding steroid dienone is 1. The summed E-state index contributed by atoms with van der Waals surface area (Å²) in [4.78, 5) is 23.1. The van der Waals surface area contributed by atoms with Crippen LogP contribution in [0.4, 0.5) is 0 Å². The fourth-order valence-electron chi connectivity index (χ4n) is 7.49. The minimum absolute atomic E-state index is 0.106. The van der Waals surface area contributed by atoms with Gasteiger partial charge in [0, 0.05) is 18.8 Å². The molecular formula is C23H34O5. The highest BCUT2D eigenvalue weighted by molar-refractivity contribution is 5.91. The number of carbonyl (C=O) groups is 2. The Bertz CT molecular complexity index is 714. The predicted octanol–water partition coefficient (Wildman–Crippen LogP) is 3.17. The Morgan fingerprint density at radius 1 is 1.18 bits per heavy atom. The highest BCUT2D eigenvalue weighted by Crippen LogP contribution is 2.68. The number of ketones is 1. The first-order valence-electron chi connectivity index (χ1n) is 10.9. The zero-order valence-electron chi connectivity index (χ0n) is 17.4. The monoisotopic (exact) mass is 390 g/mol. The van der Waals surface area contributed by atoms with Crippen molar-refractivity contribution >= 4 is 11.8 Å². The Labute approximate surface area is 167 Å². The zero-order valence-corrected chi connectivity index (χ0v) is 17.4. The topological polar surface area (TPSA) is 83.8 Å². The summed E-state index contributed by atoms with van der Waals surface area (Å²) in [5.74, 6) is 1.27. The molecule has 5 heteroatoms. The average Bonchev–Trinajstić information content (AvgIpc) is 2.92. The molecule has 0 aromatic heterocycles. The Kier molecular flexibility index (Phi) is 4.78. The van der Waals surface area contributed by atoms with Crippen molar-refractivity contribution in [2.45, 2.75) is 83.8 Å². The zero-order chi connectivity index (χ0) is 20.3. The van der Waals surface area contributed by atoms with Gasteiger partial charge in [-0.2, -0.15) is 0 Å². The van der Waals surface area contributed by atoms with Crippen molar-refractivity contribution in [1.82, 2.24) is 0 Å². The van der Waals surface area contributed by atoms with Gasteiger partial charge < -0.3 is 14.9 Å². The van der Waals surface area contributed by atoms with E-state index in [1.807, 2.05) is 6.08 Å². The predicted molar refractivity (Wildman–Crippen MR) is 104 cm³/mol. The SMILES string of the molecule is CC(=O)OC[C@@H](O)[C@@]1(O)CC[C@H]2[C@@H]3CCC4=CC(=O)CC[C@]4(C)[C@H]3CC[C@@]21C. The van der Waals surface area contributed by atoms with Crippen LogP contribution in [0.3, 0.4) is 0 Å². The third-order valence-electron chi connectivity index (χ3n) is 9.17. The van der Waals surface area contributed by atoms with Crippen LogP contribution in [-0.2, 0) is 14.3 Å². The Hall–Kier alpha value is -1.20. The maximum Gasteiger partial charge on any atom is 0.302 e. The van der Waals surface area contributed by atoms with E-state index in [1.54, 1.807) is 0 Å². The molecule has 2 N–H and O–H groups in total. The second-order valence-electron chi connectivity index (χ2n) is 10.2. The minimum Gasteiger partial charge on any atom is -0.463 e. The fraction of sp³-hybridized carbons (Fsp3) is 0.826. The van der Waals surface area contributed by atoms with Gasteiger partial charge in [-0.25, -0.2) is 0 Å². The smallest absolute Gasteiger partial charge is 0.302 e. The molecule has 0 aromatic rings.